The summed E-state index contributed by atoms with van der Waals surface area (Å²) in [6.07, 6.45) is 4.84. The molecule has 1 rings (SSSR count). The number of rotatable bonds is 6. The molecule has 0 saturated carbocycles. The van der Waals surface area contributed by atoms with Gasteiger partial charge in [-0.05, 0) is 39.7 Å². The van der Waals surface area contributed by atoms with Crippen LogP contribution in [0.15, 0.2) is 0 Å². The van der Waals surface area contributed by atoms with E-state index >= 15 is 0 Å². The van der Waals surface area contributed by atoms with Crippen molar-refractivity contribution in [3.63, 3.8) is 0 Å². The molecule has 4 heteroatoms. The zero-order valence-electron chi connectivity index (χ0n) is 10.4. The van der Waals surface area contributed by atoms with Gasteiger partial charge in [0.2, 0.25) is 5.91 Å². The molecule has 16 heavy (non-hydrogen) atoms. The van der Waals surface area contributed by atoms with Crippen LogP contribution in [0.3, 0.4) is 0 Å². The summed E-state index contributed by atoms with van der Waals surface area (Å²) in [5, 5.41) is 6.26. The van der Waals surface area contributed by atoms with Crippen LogP contribution < -0.4 is 10.6 Å². The van der Waals surface area contributed by atoms with E-state index in [0.717, 1.165) is 13.0 Å². The molecule has 2 N–H and O–H groups in total. The molecule has 0 aromatic heterocycles. The molecule has 1 fully saturated rings. The Labute approximate surface area is 98.1 Å². The van der Waals surface area contributed by atoms with Crippen molar-refractivity contribution in [2.24, 2.45) is 0 Å². The van der Waals surface area contributed by atoms with Crippen LogP contribution in [0, 0.1) is 0 Å². The fraction of sp³-hybridized carbons (Fsp3) is 0.917. The highest BCUT2D eigenvalue weighted by molar-refractivity contribution is 5.77. The summed E-state index contributed by atoms with van der Waals surface area (Å²) < 4.78 is 5.35. The molecule has 0 radical (unpaired) electrons. The first-order valence-electron chi connectivity index (χ1n) is 6.29. The first kappa shape index (κ1) is 13.5. The molecule has 0 aromatic carbocycles. The van der Waals surface area contributed by atoms with E-state index in [1.54, 1.807) is 0 Å². The third-order valence-electron chi connectivity index (χ3n) is 2.71. The molecule has 0 aromatic rings. The monoisotopic (exact) mass is 228 g/mol. The number of carbonyl (C=O) groups is 1. The number of amides is 1. The van der Waals surface area contributed by atoms with Gasteiger partial charge in [0.15, 0.2) is 0 Å². The molecule has 1 heterocycles. The molecule has 1 saturated heterocycles. The van der Waals surface area contributed by atoms with E-state index in [9.17, 15) is 4.79 Å². The fourth-order valence-corrected chi connectivity index (χ4v) is 1.92. The van der Waals surface area contributed by atoms with Crippen LogP contribution in [-0.2, 0) is 9.53 Å². The van der Waals surface area contributed by atoms with Gasteiger partial charge in [-0.3, -0.25) is 4.79 Å². The summed E-state index contributed by atoms with van der Waals surface area (Å²) in [5.74, 6) is -0.0217. The second-order valence-corrected chi connectivity index (χ2v) is 4.71. The van der Waals surface area contributed by atoms with Crippen molar-refractivity contribution in [1.29, 1.82) is 0 Å². The minimum atomic E-state index is -0.0217. The quantitative estimate of drug-likeness (QED) is 0.668. The van der Waals surface area contributed by atoms with E-state index in [4.69, 9.17) is 4.74 Å². The van der Waals surface area contributed by atoms with Crippen molar-refractivity contribution in [3.8, 4) is 0 Å². The topological polar surface area (TPSA) is 50.4 Å². The van der Waals surface area contributed by atoms with Crippen molar-refractivity contribution in [2.75, 3.05) is 19.8 Å². The van der Waals surface area contributed by atoms with Crippen LogP contribution in [0.5, 0.6) is 0 Å². The van der Waals surface area contributed by atoms with Gasteiger partial charge >= 0.3 is 0 Å². The highest BCUT2D eigenvalue weighted by Crippen LogP contribution is 2.09. The zero-order chi connectivity index (χ0) is 11.8. The molecular weight excluding hydrogens is 204 g/mol. The van der Waals surface area contributed by atoms with Gasteiger partial charge in [0.25, 0.3) is 0 Å². The van der Waals surface area contributed by atoms with Gasteiger partial charge in [-0.1, -0.05) is 6.42 Å². The number of carbonyl (C=O) groups excluding carboxylic acids is 1. The van der Waals surface area contributed by atoms with Crippen molar-refractivity contribution >= 4 is 5.91 Å². The largest absolute Gasteiger partial charge is 0.372 e. The van der Waals surface area contributed by atoms with Crippen molar-refractivity contribution in [3.05, 3.63) is 0 Å². The second kappa shape index (κ2) is 7.63. The Morgan fingerprint density at radius 2 is 2.31 bits per heavy atom. The summed E-state index contributed by atoms with van der Waals surface area (Å²) in [6, 6.07) is 0.776. The predicted octanol–water partition coefficient (Wildman–Crippen LogP) is 1.06. The van der Waals surface area contributed by atoms with Crippen LogP contribution in [0.25, 0.3) is 0 Å². The van der Waals surface area contributed by atoms with E-state index < -0.39 is 0 Å². The average molecular weight is 228 g/mol. The van der Waals surface area contributed by atoms with E-state index in [0.29, 0.717) is 12.6 Å². The number of hydrogen-bond donors (Lipinski definition) is 2. The van der Waals surface area contributed by atoms with Gasteiger partial charge in [-0.25, -0.2) is 0 Å². The third-order valence-corrected chi connectivity index (χ3v) is 2.71. The van der Waals surface area contributed by atoms with Crippen LogP contribution in [0.4, 0.5) is 0 Å². The second-order valence-electron chi connectivity index (χ2n) is 4.71. The molecule has 0 spiro atoms. The molecule has 1 amide bonds. The van der Waals surface area contributed by atoms with Crippen LogP contribution in [0.1, 0.15) is 39.5 Å². The summed E-state index contributed by atoms with van der Waals surface area (Å²) in [4.78, 5) is 11.3. The maximum absolute atomic E-state index is 11.3. The van der Waals surface area contributed by atoms with Crippen LogP contribution in [0.2, 0.25) is 0 Å². The third kappa shape index (κ3) is 6.08. The van der Waals surface area contributed by atoms with Gasteiger partial charge in [0.1, 0.15) is 6.61 Å². The molecule has 0 bridgehead atoms. The Hall–Kier alpha value is -0.610. The molecule has 94 valence electrons. The van der Waals surface area contributed by atoms with Crippen LogP contribution >= 0.6 is 0 Å². The zero-order valence-corrected chi connectivity index (χ0v) is 10.4. The fourth-order valence-electron chi connectivity index (χ4n) is 1.92. The summed E-state index contributed by atoms with van der Waals surface area (Å²) in [5.41, 5.74) is 0. The SMILES string of the molecule is CC(C)NC(=O)COCCC1CCCCN1. The van der Waals surface area contributed by atoms with E-state index in [2.05, 4.69) is 10.6 Å². The van der Waals surface area contributed by atoms with Gasteiger partial charge in [-0.2, -0.15) is 0 Å². The van der Waals surface area contributed by atoms with Gasteiger partial charge < -0.3 is 15.4 Å². The van der Waals surface area contributed by atoms with Gasteiger partial charge in [0, 0.05) is 18.7 Å². The Kier molecular flexibility index (Phi) is 6.42. The lowest BCUT2D eigenvalue weighted by molar-refractivity contribution is -0.126. The molecule has 1 aliphatic rings. The van der Waals surface area contributed by atoms with Gasteiger partial charge in [-0.15, -0.1) is 0 Å². The molecule has 1 aliphatic heterocycles. The van der Waals surface area contributed by atoms with Gasteiger partial charge in [0.05, 0.1) is 0 Å². The lowest BCUT2D eigenvalue weighted by atomic mass is 10.0. The van der Waals surface area contributed by atoms with E-state index in [1.165, 1.54) is 19.3 Å². The molecule has 1 unspecified atom stereocenters. The lowest BCUT2D eigenvalue weighted by Crippen LogP contribution is -2.36. The number of nitrogens with one attached hydrogen (secondary N) is 2. The Morgan fingerprint density at radius 1 is 1.50 bits per heavy atom. The molecule has 4 nitrogen and oxygen atoms in total. The minimum Gasteiger partial charge on any atom is -0.372 e. The van der Waals surface area contributed by atoms with E-state index in [-0.39, 0.29) is 18.6 Å². The van der Waals surface area contributed by atoms with E-state index in [1.807, 2.05) is 13.8 Å². The van der Waals surface area contributed by atoms with Crippen molar-refractivity contribution in [2.45, 2.75) is 51.6 Å². The smallest absolute Gasteiger partial charge is 0.246 e. The number of piperidine rings is 1. The standard InChI is InChI=1S/C12H24N2O2/c1-10(2)14-12(15)9-16-8-6-11-5-3-4-7-13-11/h10-11,13H,3-9H2,1-2H3,(H,14,15). The number of ether oxygens (including phenoxy) is 1. The molecule has 0 aliphatic carbocycles. The first-order chi connectivity index (χ1) is 7.68. The predicted molar refractivity (Wildman–Crippen MR) is 64.4 cm³/mol. The summed E-state index contributed by atoms with van der Waals surface area (Å²) in [6.45, 7) is 5.88. The maximum Gasteiger partial charge on any atom is 0.246 e. The minimum absolute atomic E-state index is 0.0217. The molecular formula is C12H24N2O2. The van der Waals surface area contributed by atoms with Crippen molar-refractivity contribution in [1.82, 2.24) is 10.6 Å². The lowest BCUT2D eigenvalue weighted by Gasteiger charge is -2.23. The average Bonchev–Trinajstić information content (AvgIpc) is 2.25. The first-order valence-corrected chi connectivity index (χ1v) is 6.29. The Balaban J connectivity index is 1.96. The Bertz CT molecular complexity index is 201. The summed E-state index contributed by atoms with van der Waals surface area (Å²) in [7, 11) is 0. The number of hydrogen-bond acceptors (Lipinski definition) is 3. The highest BCUT2D eigenvalue weighted by Gasteiger charge is 2.12. The van der Waals surface area contributed by atoms with Crippen LogP contribution in [-0.4, -0.2) is 37.7 Å². The summed E-state index contributed by atoms with van der Waals surface area (Å²) >= 11 is 0. The van der Waals surface area contributed by atoms with Crippen molar-refractivity contribution < 1.29 is 9.53 Å². The maximum atomic E-state index is 11.3. The highest BCUT2D eigenvalue weighted by atomic mass is 16.5. The Morgan fingerprint density at radius 3 is 2.94 bits per heavy atom. The molecule has 1 atom stereocenters. The normalized spacial score (nSPS) is 21.1.